The normalized spacial score (nSPS) is 17.4. The Labute approximate surface area is 162 Å². The number of likely N-dealkylation sites (tertiary alicyclic amines) is 1. The lowest BCUT2D eigenvalue weighted by Crippen LogP contribution is -2.37. The molecule has 1 aromatic carbocycles. The van der Waals surface area contributed by atoms with Crippen molar-refractivity contribution in [2.24, 2.45) is 5.92 Å². The minimum atomic E-state index is -0.588. The van der Waals surface area contributed by atoms with Gasteiger partial charge in [-0.3, -0.25) is 9.59 Å². The molecule has 1 fully saturated rings. The van der Waals surface area contributed by atoms with Crippen molar-refractivity contribution in [1.82, 2.24) is 4.90 Å². The van der Waals surface area contributed by atoms with Gasteiger partial charge in [0.15, 0.2) is 0 Å². The molecule has 0 saturated carbocycles. The number of hydrogen-bond donors (Lipinski definition) is 1. The molecular formula is C18H19Cl2N3O3. The number of anilines is 1. The molecule has 0 spiro atoms. The van der Waals surface area contributed by atoms with E-state index in [2.05, 4.69) is 5.32 Å². The van der Waals surface area contributed by atoms with Gasteiger partial charge in [0.05, 0.1) is 23.2 Å². The highest BCUT2D eigenvalue weighted by molar-refractivity contribution is 6.35. The van der Waals surface area contributed by atoms with E-state index in [4.69, 9.17) is 27.9 Å². The Bertz CT molecular complexity index is 759. The predicted molar refractivity (Wildman–Crippen MR) is 99.7 cm³/mol. The van der Waals surface area contributed by atoms with Gasteiger partial charge in [-0.1, -0.05) is 23.2 Å². The summed E-state index contributed by atoms with van der Waals surface area (Å²) >= 11 is 11.9. The number of esters is 1. The van der Waals surface area contributed by atoms with Crippen LogP contribution in [0.2, 0.25) is 10.0 Å². The second-order valence-corrected chi connectivity index (χ2v) is 6.66. The maximum Gasteiger partial charge on any atom is 0.310 e. The quantitative estimate of drug-likeness (QED) is 0.467. The molecule has 2 rings (SSSR count). The van der Waals surface area contributed by atoms with Crippen LogP contribution in [0.5, 0.6) is 0 Å². The summed E-state index contributed by atoms with van der Waals surface area (Å²) < 4.78 is 5.05. The van der Waals surface area contributed by atoms with Gasteiger partial charge in [-0.15, -0.1) is 0 Å². The van der Waals surface area contributed by atoms with Crippen LogP contribution in [0.25, 0.3) is 0 Å². The summed E-state index contributed by atoms with van der Waals surface area (Å²) in [7, 11) is 0. The number of carbonyl (C=O) groups is 2. The Morgan fingerprint density at radius 1 is 1.46 bits per heavy atom. The van der Waals surface area contributed by atoms with Gasteiger partial charge in [-0.05, 0) is 38.0 Å². The van der Waals surface area contributed by atoms with Crippen LogP contribution < -0.4 is 5.32 Å². The number of carbonyl (C=O) groups excluding carboxylic acids is 2. The third-order valence-electron chi connectivity index (χ3n) is 3.93. The van der Waals surface area contributed by atoms with Crippen LogP contribution in [-0.2, 0) is 14.3 Å². The molecule has 1 heterocycles. The highest BCUT2D eigenvalue weighted by atomic mass is 35.5. The van der Waals surface area contributed by atoms with E-state index in [1.165, 1.54) is 12.3 Å². The zero-order valence-corrected chi connectivity index (χ0v) is 15.8. The second kappa shape index (κ2) is 9.46. The number of halogens is 2. The fourth-order valence-electron chi connectivity index (χ4n) is 2.68. The molecular weight excluding hydrogens is 377 g/mol. The molecule has 1 saturated heterocycles. The van der Waals surface area contributed by atoms with Gasteiger partial charge in [0, 0.05) is 24.3 Å². The van der Waals surface area contributed by atoms with Crippen LogP contribution in [0.1, 0.15) is 19.8 Å². The van der Waals surface area contributed by atoms with Crippen molar-refractivity contribution < 1.29 is 14.3 Å². The fraction of sp³-hybridized carbons (Fsp3) is 0.389. The zero-order valence-electron chi connectivity index (χ0n) is 14.3. The number of nitrogens with one attached hydrogen (secondary N) is 1. The molecule has 1 aromatic rings. The molecule has 26 heavy (non-hydrogen) atoms. The smallest absolute Gasteiger partial charge is 0.310 e. The van der Waals surface area contributed by atoms with Crippen LogP contribution >= 0.6 is 23.2 Å². The minimum absolute atomic E-state index is 0.0782. The first-order valence-corrected chi connectivity index (χ1v) is 8.99. The lowest BCUT2D eigenvalue weighted by Gasteiger charge is -2.30. The Balaban J connectivity index is 2.09. The monoisotopic (exact) mass is 395 g/mol. The first-order valence-electron chi connectivity index (χ1n) is 8.23. The average molecular weight is 396 g/mol. The second-order valence-electron chi connectivity index (χ2n) is 5.82. The lowest BCUT2D eigenvalue weighted by atomic mass is 9.98. The summed E-state index contributed by atoms with van der Waals surface area (Å²) in [5.41, 5.74) is 0.249. The molecule has 1 atom stereocenters. The van der Waals surface area contributed by atoms with Crippen molar-refractivity contribution in [2.45, 2.75) is 19.8 Å². The number of piperidine rings is 1. The Kier molecular flexibility index (Phi) is 7.31. The lowest BCUT2D eigenvalue weighted by molar-refractivity contribution is -0.149. The van der Waals surface area contributed by atoms with Gasteiger partial charge < -0.3 is 15.0 Å². The number of rotatable bonds is 5. The van der Waals surface area contributed by atoms with Crippen molar-refractivity contribution in [3.05, 3.63) is 40.0 Å². The molecule has 1 aliphatic rings. The van der Waals surface area contributed by atoms with Crippen molar-refractivity contribution >= 4 is 40.8 Å². The molecule has 1 N–H and O–H groups in total. The fourth-order valence-corrected chi connectivity index (χ4v) is 3.02. The molecule has 8 heteroatoms. The van der Waals surface area contributed by atoms with Crippen LogP contribution in [-0.4, -0.2) is 36.5 Å². The summed E-state index contributed by atoms with van der Waals surface area (Å²) in [6.45, 7) is 3.16. The molecule has 1 unspecified atom stereocenters. The molecule has 6 nitrogen and oxygen atoms in total. The van der Waals surface area contributed by atoms with Crippen LogP contribution in [0.4, 0.5) is 5.69 Å². The first-order chi connectivity index (χ1) is 12.4. The van der Waals surface area contributed by atoms with E-state index in [9.17, 15) is 14.9 Å². The van der Waals surface area contributed by atoms with Gasteiger partial charge >= 0.3 is 5.97 Å². The van der Waals surface area contributed by atoms with Crippen LogP contribution in [0.15, 0.2) is 30.0 Å². The zero-order chi connectivity index (χ0) is 19.1. The van der Waals surface area contributed by atoms with Crippen LogP contribution in [0, 0.1) is 17.2 Å². The van der Waals surface area contributed by atoms with E-state index in [-0.39, 0.29) is 17.5 Å². The molecule has 0 aromatic heterocycles. The standard InChI is InChI=1S/C18H19Cl2N3O3/c1-2-26-18(25)12-4-3-7-23(10-12)11-13(9-21)17(24)22-16-8-14(19)5-6-15(16)20/h5-6,8,11-12H,2-4,7,10H2,1H3,(H,22,24)/b13-11-. The molecule has 1 amide bonds. The average Bonchev–Trinajstić information content (AvgIpc) is 2.63. The van der Waals surface area contributed by atoms with Crippen LogP contribution in [0.3, 0.4) is 0 Å². The Morgan fingerprint density at radius 3 is 2.92 bits per heavy atom. The molecule has 1 aliphatic heterocycles. The summed E-state index contributed by atoms with van der Waals surface area (Å²) in [4.78, 5) is 26.1. The van der Waals surface area contributed by atoms with E-state index in [1.54, 1.807) is 24.0 Å². The minimum Gasteiger partial charge on any atom is -0.466 e. The van der Waals surface area contributed by atoms with E-state index >= 15 is 0 Å². The van der Waals surface area contributed by atoms with E-state index in [0.29, 0.717) is 35.4 Å². The molecule has 0 bridgehead atoms. The van der Waals surface area contributed by atoms with Gasteiger partial charge in [-0.2, -0.15) is 5.26 Å². The number of amides is 1. The van der Waals surface area contributed by atoms with Gasteiger partial charge in [-0.25, -0.2) is 0 Å². The molecule has 0 radical (unpaired) electrons. The Morgan fingerprint density at radius 2 is 2.23 bits per heavy atom. The predicted octanol–water partition coefficient (Wildman–Crippen LogP) is 3.61. The number of benzene rings is 1. The van der Waals surface area contributed by atoms with E-state index < -0.39 is 5.91 Å². The summed E-state index contributed by atoms with van der Waals surface area (Å²) in [6.07, 6.45) is 2.98. The number of nitriles is 1. The first kappa shape index (κ1) is 20.1. The Hall–Kier alpha value is -2.23. The van der Waals surface area contributed by atoms with Crippen molar-refractivity contribution in [2.75, 3.05) is 25.0 Å². The number of hydrogen-bond acceptors (Lipinski definition) is 5. The largest absolute Gasteiger partial charge is 0.466 e. The number of ether oxygens (including phenoxy) is 1. The van der Waals surface area contributed by atoms with Crippen molar-refractivity contribution in [3.8, 4) is 6.07 Å². The molecule has 0 aliphatic carbocycles. The van der Waals surface area contributed by atoms with Crippen molar-refractivity contribution in [3.63, 3.8) is 0 Å². The van der Waals surface area contributed by atoms with E-state index in [0.717, 1.165) is 12.8 Å². The SMILES string of the molecule is CCOC(=O)C1CCCN(/C=C(/C#N)C(=O)Nc2cc(Cl)ccc2Cl)C1. The van der Waals surface area contributed by atoms with Crippen molar-refractivity contribution in [1.29, 1.82) is 5.26 Å². The number of nitrogens with zero attached hydrogens (tertiary/aromatic N) is 2. The maximum atomic E-state index is 12.4. The van der Waals surface area contributed by atoms with Gasteiger partial charge in [0.25, 0.3) is 5.91 Å². The maximum absolute atomic E-state index is 12.4. The topological polar surface area (TPSA) is 82.4 Å². The highest BCUT2D eigenvalue weighted by Gasteiger charge is 2.26. The highest BCUT2D eigenvalue weighted by Crippen LogP contribution is 2.26. The van der Waals surface area contributed by atoms with Gasteiger partial charge in [0.2, 0.25) is 0 Å². The van der Waals surface area contributed by atoms with E-state index in [1.807, 2.05) is 6.07 Å². The third-order valence-corrected chi connectivity index (χ3v) is 4.49. The summed E-state index contributed by atoms with van der Waals surface area (Å²) in [6, 6.07) is 6.56. The summed E-state index contributed by atoms with van der Waals surface area (Å²) in [5, 5.41) is 12.7. The summed E-state index contributed by atoms with van der Waals surface area (Å²) in [5.74, 6) is -1.10. The third kappa shape index (κ3) is 5.38. The van der Waals surface area contributed by atoms with Gasteiger partial charge in [0.1, 0.15) is 11.6 Å². The molecule has 138 valence electrons.